The number of benzene rings is 1. The maximum Gasteiger partial charge on any atom is 0.319 e. The average Bonchev–Trinajstić information content (AvgIpc) is 3.02. The first kappa shape index (κ1) is 16.7. The minimum atomic E-state index is -0.268. The fraction of sp³-hybridized carbons (Fsp3) is 0.375. The predicted molar refractivity (Wildman–Crippen MR) is 88.2 cm³/mol. The fourth-order valence-electron chi connectivity index (χ4n) is 2.24. The molecule has 0 unspecified atom stereocenters. The van der Waals surface area contributed by atoms with Gasteiger partial charge in [0.1, 0.15) is 5.82 Å². The molecule has 1 heterocycles. The molecule has 124 valence electrons. The molecule has 0 bridgehead atoms. The Bertz CT molecular complexity index is 655. The molecule has 23 heavy (non-hydrogen) atoms. The maximum atomic E-state index is 11.9. The number of nitrogens with zero attached hydrogens (tertiary/aromatic N) is 2. The van der Waals surface area contributed by atoms with Crippen LogP contribution >= 0.6 is 0 Å². The number of amides is 2. The predicted octanol–water partition coefficient (Wildman–Crippen LogP) is 2.28. The molecule has 1 aromatic heterocycles. The van der Waals surface area contributed by atoms with Gasteiger partial charge in [0.05, 0.1) is 14.2 Å². The van der Waals surface area contributed by atoms with Crippen LogP contribution in [-0.2, 0) is 13.0 Å². The molecule has 2 rings (SSSR count). The van der Waals surface area contributed by atoms with E-state index in [0.29, 0.717) is 30.3 Å². The van der Waals surface area contributed by atoms with Gasteiger partial charge in [0.15, 0.2) is 11.5 Å². The number of aryl methyl sites for hydroxylation is 1. The number of urea groups is 1. The van der Waals surface area contributed by atoms with Crippen LogP contribution in [0.4, 0.5) is 10.5 Å². The summed E-state index contributed by atoms with van der Waals surface area (Å²) < 4.78 is 12.4. The molecule has 0 aliphatic heterocycles. The minimum absolute atomic E-state index is 0.268. The third kappa shape index (κ3) is 4.38. The molecule has 0 saturated carbocycles. The van der Waals surface area contributed by atoms with Gasteiger partial charge in [-0.05, 0) is 12.1 Å². The molecule has 0 aliphatic carbocycles. The monoisotopic (exact) mass is 318 g/mol. The number of aromatic nitrogens is 2. The molecule has 7 heteroatoms. The largest absolute Gasteiger partial charge is 0.493 e. The van der Waals surface area contributed by atoms with Crippen LogP contribution in [0.25, 0.3) is 0 Å². The van der Waals surface area contributed by atoms with Crippen LogP contribution in [-0.4, -0.2) is 36.3 Å². The SMILES string of the molecule is CCc1nccn1CCNC(=O)Nc1ccc(OC)c(OC)c1. The van der Waals surface area contributed by atoms with Crippen LogP contribution in [0, 0.1) is 0 Å². The van der Waals surface area contributed by atoms with Gasteiger partial charge in [-0.2, -0.15) is 0 Å². The van der Waals surface area contributed by atoms with Gasteiger partial charge in [-0.3, -0.25) is 0 Å². The molecule has 0 spiro atoms. The van der Waals surface area contributed by atoms with Crippen molar-refractivity contribution >= 4 is 11.7 Å². The molecule has 7 nitrogen and oxygen atoms in total. The first-order chi connectivity index (χ1) is 11.2. The van der Waals surface area contributed by atoms with Gasteiger partial charge in [-0.25, -0.2) is 9.78 Å². The Morgan fingerprint density at radius 3 is 2.74 bits per heavy atom. The van der Waals surface area contributed by atoms with E-state index in [4.69, 9.17) is 9.47 Å². The fourth-order valence-corrected chi connectivity index (χ4v) is 2.24. The van der Waals surface area contributed by atoms with Crippen molar-refractivity contribution in [3.05, 3.63) is 36.4 Å². The van der Waals surface area contributed by atoms with E-state index in [1.807, 2.05) is 10.8 Å². The Hall–Kier alpha value is -2.70. The van der Waals surface area contributed by atoms with Gasteiger partial charge in [-0.1, -0.05) is 6.92 Å². The van der Waals surface area contributed by atoms with E-state index >= 15 is 0 Å². The van der Waals surface area contributed by atoms with Crippen molar-refractivity contribution in [3.8, 4) is 11.5 Å². The molecule has 2 aromatic rings. The third-order valence-corrected chi connectivity index (χ3v) is 3.40. The third-order valence-electron chi connectivity index (χ3n) is 3.40. The number of methoxy groups -OCH3 is 2. The van der Waals surface area contributed by atoms with Crippen LogP contribution in [0.15, 0.2) is 30.6 Å². The van der Waals surface area contributed by atoms with Crippen LogP contribution in [0.1, 0.15) is 12.7 Å². The summed E-state index contributed by atoms with van der Waals surface area (Å²) in [6, 6.07) is 4.94. The van der Waals surface area contributed by atoms with Crippen LogP contribution in [0.5, 0.6) is 11.5 Å². The number of carbonyl (C=O) groups excluding carboxylic acids is 1. The lowest BCUT2D eigenvalue weighted by atomic mass is 10.3. The van der Waals surface area contributed by atoms with Gasteiger partial charge in [-0.15, -0.1) is 0 Å². The van der Waals surface area contributed by atoms with E-state index < -0.39 is 0 Å². The number of imidazole rings is 1. The Kier molecular flexibility index (Phi) is 5.85. The van der Waals surface area contributed by atoms with Crippen LogP contribution in [0.3, 0.4) is 0 Å². The van der Waals surface area contributed by atoms with Gasteiger partial charge < -0.3 is 24.7 Å². The molecule has 2 amide bonds. The molecule has 0 radical (unpaired) electrons. The second-order valence-corrected chi connectivity index (χ2v) is 4.84. The Balaban J connectivity index is 1.85. The highest BCUT2D eigenvalue weighted by atomic mass is 16.5. The number of hydrogen-bond acceptors (Lipinski definition) is 4. The Morgan fingerprint density at radius 1 is 1.26 bits per heavy atom. The zero-order valence-corrected chi connectivity index (χ0v) is 13.6. The number of hydrogen-bond donors (Lipinski definition) is 2. The summed E-state index contributed by atoms with van der Waals surface area (Å²) in [5.74, 6) is 2.19. The summed E-state index contributed by atoms with van der Waals surface area (Å²) in [7, 11) is 3.12. The van der Waals surface area contributed by atoms with E-state index in [-0.39, 0.29) is 6.03 Å². The number of anilines is 1. The van der Waals surface area contributed by atoms with E-state index in [1.165, 1.54) is 0 Å². The summed E-state index contributed by atoms with van der Waals surface area (Å²) in [6.45, 7) is 3.25. The summed E-state index contributed by atoms with van der Waals surface area (Å²) in [5.41, 5.74) is 0.636. The molecular weight excluding hydrogens is 296 g/mol. The maximum absolute atomic E-state index is 11.9. The molecule has 1 aromatic carbocycles. The first-order valence-corrected chi connectivity index (χ1v) is 7.44. The second-order valence-electron chi connectivity index (χ2n) is 4.84. The van der Waals surface area contributed by atoms with E-state index in [1.54, 1.807) is 38.6 Å². The Labute approximate surface area is 135 Å². The van der Waals surface area contributed by atoms with Crippen molar-refractivity contribution in [3.63, 3.8) is 0 Å². The first-order valence-electron chi connectivity index (χ1n) is 7.44. The zero-order chi connectivity index (χ0) is 16.7. The highest BCUT2D eigenvalue weighted by Gasteiger charge is 2.07. The minimum Gasteiger partial charge on any atom is -0.493 e. The topological polar surface area (TPSA) is 77.4 Å². The smallest absolute Gasteiger partial charge is 0.319 e. The summed E-state index contributed by atoms with van der Waals surface area (Å²) in [5, 5.41) is 5.58. The van der Waals surface area contributed by atoms with E-state index in [0.717, 1.165) is 12.2 Å². The molecule has 0 saturated heterocycles. The van der Waals surface area contributed by atoms with E-state index in [9.17, 15) is 4.79 Å². The Morgan fingerprint density at radius 2 is 2.04 bits per heavy atom. The van der Waals surface area contributed by atoms with Crippen LogP contribution < -0.4 is 20.1 Å². The molecule has 0 atom stereocenters. The molecule has 2 N–H and O–H groups in total. The van der Waals surface area contributed by atoms with E-state index in [2.05, 4.69) is 22.5 Å². The summed E-state index contributed by atoms with van der Waals surface area (Å²) >= 11 is 0. The summed E-state index contributed by atoms with van der Waals surface area (Å²) in [6.07, 6.45) is 4.54. The van der Waals surface area contributed by atoms with Crippen molar-refractivity contribution in [1.29, 1.82) is 0 Å². The van der Waals surface area contributed by atoms with Crippen molar-refractivity contribution < 1.29 is 14.3 Å². The second kappa shape index (κ2) is 8.07. The van der Waals surface area contributed by atoms with Gasteiger partial charge in [0, 0.05) is 43.7 Å². The average molecular weight is 318 g/mol. The normalized spacial score (nSPS) is 10.2. The number of ether oxygens (including phenoxy) is 2. The van der Waals surface area contributed by atoms with Gasteiger partial charge in [0.25, 0.3) is 0 Å². The lowest BCUT2D eigenvalue weighted by Gasteiger charge is -2.12. The lowest BCUT2D eigenvalue weighted by Crippen LogP contribution is -2.31. The van der Waals surface area contributed by atoms with Crippen molar-refractivity contribution in [1.82, 2.24) is 14.9 Å². The standard InChI is InChI=1S/C16H22N4O3/c1-4-15-17-7-9-20(15)10-8-18-16(21)19-12-5-6-13(22-2)14(11-12)23-3/h5-7,9,11H,4,8,10H2,1-3H3,(H2,18,19,21). The highest BCUT2D eigenvalue weighted by Crippen LogP contribution is 2.29. The summed E-state index contributed by atoms with van der Waals surface area (Å²) in [4.78, 5) is 16.2. The van der Waals surface area contributed by atoms with Crippen molar-refractivity contribution in [2.45, 2.75) is 19.9 Å². The van der Waals surface area contributed by atoms with Gasteiger partial charge >= 0.3 is 6.03 Å². The quantitative estimate of drug-likeness (QED) is 0.821. The number of nitrogens with one attached hydrogen (secondary N) is 2. The van der Waals surface area contributed by atoms with Crippen molar-refractivity contribution in [2.75, 3.05) is 26.1 Å². The van der Waals surface area contributed by atoms with Gasteiger partial charge in [0.2, 0.25) is 0 Å². The molecule has 0 fully saturated rings. The number of rotatable bonds is 7. The lowest BCUT2D eigenvalue weighted by molar-refractivity contribution is 0.251. The number of carbonyl (C=O) groups is 1. The highest BCUT2D eigenvalue weighted by molar-refractivity contribution is 5.89. The van der Waals surface area contributed by atoms with Crippen molar-refractivity contribution in [2.24, 2.45) is 0 Å². The van der Waals surface area contributed by atoms with Crippen LogP contribution in [0.2, 0.25) is 0 Å². The molecular formula is C16H22N4O3. The zero-order valence-electron chi connectivity index (χ0n) is 13.6. The molecule has 0 aliphatic rings.